The van der Waals surface area contributed by atoms with Gasteiger partial charge in [-0.2, -0.15) is 0 Å². The monoisotopic (exact) mass is 362 g/mol. The lowest BCUT2D eigenvalue weighted by Crippen LogP contribution is -2.44. The third-order valence-corrected chi connectivity index (χ3v) is 5.75. The van der Waals surface area contributed by atoms with Crippen molar-refractivity contribution < 1.29 is 14.7 Å². The second kappa shape index (κ2) is 6.42. The van der Waals surface area contributed by atoms with E-state index in [-0.39, 0.29) is 23.9 Å². The number of pyridine rings is 1. The first-order valence-electron chi connectivity index (χ1n) is 8.75. The van der Waals surface area contributed by atoms with Gasteiger partial charge in [0.25, 0.3) is 0 Å². The quantitative estimate of drug-likeness (QED) is 0.816. The van der Waals surface area contributed by atoms with Gasteiger partial charge in [0.2, 0.25) is 0 Å². The van der Waals surface area contributed by atoms with E-state index in [2.05, 4.69) is 9.88 Å². The number of aryl methyl sites for hydroxylation is 1. The lowest BCUT2D eigenvalue weighted by Gasteiger charge is -2.27. The third kappa shape index (κ3) is 2.88. The van der Waals surface area contributed by atoms with Crippen molar-refractivity contribution in [2.75, 3.05) is 40.3 Å². The maximum Gasteiger partial charge on any atom is 0.319 e. The van der Waals surface area contributed by atoms with Gasteiger partial charge < -0.3 is 19.9 Å². The van der Waals surface area contributed by atoms with Crippen molar-refractivity contribution in [1.82, 2.24) is 19.7 Å². The van der Waals surface area contributed by atoms with Crippen molar-refractivity contribution in [3.05, 3.63) is 33.2 Å². The molecule has 142 valence electrons. The summed E-state index contributed by atoms with van der Waals surface area (Å²) in [4.78, 5) is 44.8. The molecule has 0 saturated carbocycles. The molecule has 2 N–H and O–H groups in total. The lowest BCUT2D eigenvalue weighted by atomic mass is 9.81. The first-order valence-corrected chi connectivity index (χ1v) is 8.75. The number of carbonyl (C=O) groups is 2. The zero-order valence-electron chi connectivity index (χ0n) is 15.7. The Morgan fingerprint density at radius 1 is 1.31 bits per heavy atom. The Bertz CT molecular complexity index is 803. The summed E-state index contributed by atoms with van der Waals surface area (Å²) in [7, 11) is 3.35. The Balaban J connectivity index is 1.79. The SMILES string of the molecule is Cc1c[nH]c(CN2C[C@H]3CN(C(=O)N(C)C)C[C@@]3(C(=O)O)C2)c(C)c1=O. The van der Waals surface area contributed by atoms with Crippen LogP contribution in [0, 0.1) is 25.2 Å². The molecule has 3 rings (SSSR count). The molecular weight excluding hydrogens is 336 g/mol. The number of carbonyl (C=O) groups excluding carboxylic acids is 1. The third-order valence-electron chi connectivity index (χ3n) is 5.75. The van der Waals surface area contributed by atoms with Crippen molar-refractivity contribution in [2.24, 2.45) is 11.3 Å². The highest BCUT2D eigenvalue weighted by Gasteiger charge is 2.58. The van der Waals surface area contributed by atoms with Gasteiger partial charge in [-0.25, -0.2) is 4.79 Å². The number of aromatic nitrogens is 1. The van der Waals surface area contributed by atoms with Crippen LogP contribution in [-0.4, -0.2) is 77.1 Å². The fourth-order valence-electron chi connectivity index (χ4n) is 4.21. The van der Waals surface area contributed by atoms with Crippen molar-refractivity contribution in [3.63, 3.8) is 0 Å². The highest BCUT2D eigenvalue weighted by Crippen LogP contribution is 2.43. The number of hydrogen-bond acceptors (Lipinski definition) is 4. The Kier molecular flexibility index (Phi) is 4.56. The number of carboxylic acid groups (broad SMARTS) is 1. The highest BCUT2D eigenvalue weighted by molar-refractivity contribution is 5.80. The van der Waals surface area contributed by atoms with Crippen molar-refractivity contribution in [1.29, 1.82) is 0 Å². The van der Waals surface area contributed by atoms with Gasteiger partial charge in [0, 0.05) is 75.8 Å². The normalized spacial score (nSPS) is 25.4. The molecule has 0 bridgehead atoms. The minimum absolute atomic E-state index is 0.0221. The molecule has 8 heteroatoms. The Labute approximate surface area is 152 Å². The molecule has 2 saturated heterocycles. The molecule has 1 aromatic rings. The van der Waals surface area contributed by atoms with Gasteiger partial charge in [0.15, 0.2) is 5.43 Å². The number of carboxylic acids is 1. The van der Waals surface area contributed by atoms with Crippen molar-refractivity contribution in [3.8, 4) is 0 Å². The van der Waals surface area contributed by atoms with E-state index in [1.165, 1.54) is 4.90 Å². The number of hydrogen-bond donors (Lipinski definition) is 2. The van der Waals surface area contributed by atoms with Crippen LogP contribution in [0.2, 0.25) is 0 Å². The zero-order chi connectivity index (χ0) is 19.2. The molecule has 26 heavy (non-hydrogen) atoms. The van der Waals surface area contributed by atoms with Crippen LogP contribution >= 0.6 is 0 Å². The summed E-state index contributed by atoms with van der Waals surface area (Å²) in [6.07, 6.45) is 1.70. The van der Waals surface area contributed by atoms with Crippen LogP contribution in [0.5, 0.6) is 0 Å². The molecule has 2 amide bonds. The molecule has 0 aromatic carbocycles. The molecule has 0 unspecified atom stereocenters. The second-order valence-electron chi connectivity index (χ2n) is 7.79. The molecule has 2 fully saturated rings. The maximum absolute atomic E-state index is 12.2. The van der Waals surface area contributed by atoms with E-state index in [0.717, 1.165) is 5.69 Å². The van der Waals surface area contributed by atoms with Crippen molar-refractivity contribution >= 4 is 12.0 Å². The number of amides is 2. The average molecular weight is 362 g/mol. The fraction of sp³-hybridized carbons (Fsp3) is 0.611. The van der Waals surface area contributed by atoms with Gasteiger partial charge in [-0.1, -0.05) is 0 Å². The number of likely N-dealkylation sites (tertiary alicyclic amines) is 2. The Morgan fingerprint density at radius 3 is 2.58 bits per heavy atom. The number of H-pyrrole nitrogens is 1. The summed E-state index contributed by atoms with van der Waals surface area (Å²) in [5.41, 5.74) is 1.25. The van der Waals surface area contributed by atoms with Gasteiger partial charge >= 0.3 is 12.0 Å². The van der Waals surface area contributed by atoms with E-state index in [9.17, 15) is 19.5 Å². The maximum atomic E-state index is 12.2. The summed E-state index contributed by atoms with van der Waals surface area (Å²) >= 11 is 0. The first-order chi connectivity index (χ1) is 12.2. The number of urea groups is 1. The minimum atomic E-state index is -0.940. The van der Waals surface area contributed by atoms with Crippen LogP contribution < -0.4 is 5.43 Å². The molecular formula is C18H26N4O4. The van der Waals surface area contributed by atoms with E-state index in [0.29, 0.717) is 37.3 Å². The Morgan fingerprint density at radius 2 is 2.00 bits per heavy atom. The lowest BCUT2D eigenvalue weighted by molar-refractivity contribution is -0.148. The molecule has 0 spiro atoms. The fourth-order valence-corrected chi connectivity index (χ4v) is 4.21. The Hall–Kier alpha value is -2.35. The van der Waals surface area contributed by atoms with E-state index >= 15 is 0 Å². The van der Waals surface area contributed by atoms with E-state index < -0.39 is 11.4 Å². The van der Waals surface area contributed by atoms with E-state index in [1.807, 2.05) is 0 Å². The van der Waals surface area contributed by atoms with Crippen LogP contribution in [-0.2, 0) is 11.3 Å². The van der Waals surface area contributed by atoms with Crippen LogP contribution in [0.3, 0.4) is 0 Å². The van der Waals surface area contributed by atoms with E-state index in [1.54, 1.807) is 39.0 Å². The number of rotatable bonds is 3. The average Bonchev–Trinajstić information content (AvgIpc) is 3.09. The number of fused-ring (bicyclic) bond motifs is 1. The molecule has 3 heterocycles. The first kappa shape index (κ1) is 18.4. The van der Waals surface area contributed by atoms with Crippen molar-refractivity contribution in [2.45, 2.75) is 20.4 Å². The van der Waals surface area contributed by atoms with Gasteiger partial charge in [-0.3, -0.25) is 14.5 Å². The van der Waals surface area contributed by atoms with Gasteiger partial charge in [0.1, 0.15) is 5.41 Å². The smallest absolute Gasteiger partial charge is 0.319 e. The topological polar surface area (TPSA) is 97.0 Å². The second-order valence-corrected chi connectivity index (χ2v) is 7.79. The molecule has 2 aliphatic rings. The molecule has 8 nitrogen and oxygen atoms in total. The predicted molar refractivity (Wildman–Crippen MR) is 96.0 cm³/mol. The van der Waals surface area contributed by atoms with Gasteiger partial charge in [-0.15, -0.1) is 0 Å². The highest BCUT2D eigenvalue weighted by atomic mass is 16.4. The van der Waals surface area contributed by atoms with Crippen LogP contribution in [0.25, 0.3) is 0 Å². The largest absolute Gasteiger partial charge is 0.481 e. The van der Waals surface area contributed by atoms with Gasteiger partial charge in [0.05, 0.1) is 0 Å². The van der Waals surface area contributed by atoms with Crippen LogP contribution in [0.4, 0.5) is 4.79 Å². The molecule has 0 aliphatic carbocycles. The molecule has 2 aliphatic heterocycles. The summed E-state index contributed by atoms with van der Waals surface area (Å²) in [5.74, 6) is -0.963. The summed E-state index contributed by atoms with van der Waals surface area (Å²) in [5, 5.41) is 9.90. The predicted octanol–water partition coefficient (Wildman–Crippen LogP) is 0.492. The number of nitrogens with zero attached hydrogens (tertiary/aromatic N) is 3. The number of aliphatic carboxylic acids is 1. The molecule has 0 radical (unpaired) electrons. The summed E-state index contributed by atoms with van der Waals surface area (Å²) in [6, 6.07) is -0.148. The van der Waals surface area contributed by atoms with Crippen LogP contribution in [0.1, 0.15) is 16.8 Å². The molecule has 2 atom stereocenters. The van der Waals surface area contributed by atoms with Crippen LogP contribution in [0.15, 0.2) is 11.0 Å². The number of aromatic amines is 1. The summed E-state index contributed by atoms with van der Waals surface area (Å²) in [6.45, 7) is 5.72. The number of nitrogens with one attached hydrogen (secondary N) is 1. The molecule has 1 aromatic heterocycles. The zero-order valence-corrected chi connectivity index (χ0v) is 15.7. The summed E-state index contributed by atoms with van der Waals surface area (Å²) < 4.78 is 0. The standard InChI is InChI=1S/C18H26N4O4/c1-11-5-19-14(12(2)15(11)23)8-21-6-13-7-22(17(26)20(3)4)10-18(13,9-21)16(24)25/h5,13H,6-10H2,1-4H3,(H,19,23)(H,24,25)/t13-,18-/m0/s1. The minimum Gasteiger partial charge on any atom is -0.481 e. The van der Waals surface area contributed by atoms with Gasteiger partial charge in [-0.05, 0) is 13.8 Å². The van der Waals surface area contributed by atoms with E-state index in [4.69, 9.17) is 0 Å².